The van der Waals surface area contributed by atoms with Crippen molar-refractivity contribution in [2.75, 3.05) is 12.4 Å². The first-order valence-electron chi connectivity index (χ1n) is 9.96. The molecule has 0 saturated heterocycles. The lowest BCUT2D eigenvalue weighted by atomic mass is 10.1. The van der Waals surface area contributed by atoms with Gasteiger partial charge in [-0.3, -0.25) is 0 Å². The molecule has 0 bridgehead atoms. The van der Waals surface area contributed by atoms with E-state index >= 15 is 0 Å². The van der Waals surface area contributed by atoms with E-state index in [9.17, 15) is 4.79 Å². The summed E-state index contributed by atoms with van der Waals surface area (Å²) < 4.78 is 11.1. The Morgan fingerprint density at radius 3 is 1.97 bits per heavy atom. The van der Waals surface area contributed by atoms with Crippen molar-refractivity contribution in [3.63, 3.8) is 0 Å². The summed E-state index contributed by atoms with van der Waals surface area (Å²) in [5.74, 6) is 1.43. The molecule has 6 heteroatoms. The van der Waals surface area contributed by atoms with Crippen molar-refractivity contribution in [3.8, 4) is 5.75 Å². The van der Waals surface area contributed by atoms with Crippen LogP contribution in [0.15, 0.2) is 58.8 Å². The zero-order chi connectivity index (χ0) is 21.1. The number of hydrogen-bond acceptors (Lipinski definition) is 6. The minimum Gasteiger partial charge on any atom is -0.494 e. The molecule has 2 rings (SSSR count). The highest BCUT2D eigenvalue weighted by molar-refractivity contribution is 7.80. The predicted molar refractivity (Wildman–Crippen MR) is 120 cm³/mol. The van der Waals surface area contributed by atoms with Crippen molar-refractivity contribution in [3.05, 3.63) is 54.1 Å². The molecule has 2 aromatic carbocycles. The second-order valence-corrected chi connectivity index (χ2v) is 8.18. The van der Waals surface area contributed by atoms with Crippen LogP contribution in [0.5, 0.6) is 5.75 Å². The maximum Gasteiger partial charge on any atom is 0.338 e. The van der Waals surface area contributed by atoms with Crippen molar-refractivity contribution in [2.45, 2.75) is 52.1 Å². The lowest BCUT2D eigenvalue weighted by Crippen LogP contribution is -2.23. The van der Waals surface area contributed by atoms with Crippen molar-refractivity contribution >= 4 is 30.0 Å². The second kappa shape index (κ2) is 11.6. The van der Waals surface area contributed by atoms with Crippen LogP contribution < -0.4 is 4.74 Å². The number of esters is 1. The van der Waals surface area contributed by atoms with Gasteiger partial charge in [0.15, 0.2) is 0 Å². The van der Waals surface area contributed by atoms with Gasteiger partial charge in [-0.05, 0) is 87.9 Å². The summed E-state index contributed by atoms with van der Waals surface area (Å²) in [6, 6.07) is 14.4. The quantitative estimate of drug-likeness (QED) is 0.198. The monoisotopic (exact) mass is 414 g/mol. The number of rotatable bonds is 10. The lowest BCUT2D eigenvalue weighted by Gasteiger charge is -2.19. The van der Waals surface area contributed by atoms with E-state index < -0.39 is 5.60 Å². The van der Waals surface area contributed by atoms with Gasteiger partial charge in [0.25, 0.3) is 0 Å². The van der Waals surface area contributed by atoms with Crippen LogP contribution in [-0.2, 0) is 4.74 Å². The average Bonchev–Trinajstić information content (AvgIpc) is 2.69. The Kier molecular flexibility index (Phi) is 9.19. The third-order valence-corrected chi connectivity index (χ3v) is 4.26. The first kappa shape index (κ1) is 22.9. The third kappa shape index (κ3) is 9.13. The number of hydrogen-bond donors (Lipinski definition) is 1. The number of carbonyl (C=O) groups excluding carboxylic acids is 1. The fraction of sp³-hybridized carbons (Fsp3) is 0.435. The molecule has 0 atom stereocenters. The molecule has 0 saturated carbocycles. The summed E-state index contributed by atoms with van der Waals surface area (Å²) in [4.78, 5) is 12.0. The van der Waals surface area contributed by atoms with Gasteiger partial charge in [-0.25, -0.2) is 4.79 Å². The lowest BCUT2D eigenvalue weighted by molar-refractivity contribution is 0.00695. The van der Waals surface area contributed by atoms with Gasteiger partial charge in [-0.2, -0.15) is 22.9 Å². The third-order valence-electron chi connectivity index (χ3n) is 3.94. The summed E-state index contributed by atoms with van der Waals surface area (Å²) >= 11 is 4.21. The zero-order valence-electron chi connectivity index (χ0n) is 17.4. The molecule has 0 spiro atoms. The minimum absolute atomic E-state index is 0.349. The van der Waals surface area contributed by atoms with Gasteiger partial charge in [0.1, 0.15) is 11.4 Å². The van der Waals surface area contributed by atoms with Gasteiger partial charge >= 0.3 is 5.97 Å². The van der Waals surface area contributed by atoms with Crippen LogP contribution >= 0.6 is 12.6 Å². The molecule has 0 aliphatic heterocycles. The van der Waals surface area contributed by atoms with Gasteiger partial charge in [-0.1, -0.05) is 12.8 Å². The van der Waals surface area contributed by atoms with Gasteiger partial charge in [0.05, 0.1) is 23.5 Å². The molecule has 0 amide bonds. The van der Waals surface area contributed by atoms with E-state index in [0.717, 1.165) is 36.6 Å². The van der Waals surface area contributed by atoms with Crippen LogP contribution in [0.1, 0.15) is 56.8 Å². The molecule has 0 heterocycles. The number of benzene rings is 2. The summed E-state index contributed by atoms with van der Waals surface area (Å²) in [5, 5.41) is 8.44. The Balaban J connectivity index is 1.82. The molecule has 0 unspecified atom stereocenters. The summed E-state index contributed by atoms with van der Waals surface area (Å²) in [6.45, 7) is 6.25. The van der Waals surface area contributed by atoms with E-state index in [1.165, 1.54) is 12.8 Å². The van der Waals surface area contributed by atoms with Gasteiger partial charge in [0.2, 0.25) is 0 Å². The molecule has 29 heavy (non-hydrogen) atoms. The van der Waals surface area contributed by atoms with Crippen LogP contribution in [0.3, 0.4) is 0 Å². The summed E-state index contributed by atoms with van der Waals surface area (Å²) in [7, 11) is 0. The first-order chi connectivity index (χ1) is 13.9. The summed E-state index contributed by atoms with van der Waals surface area (Å²) in [5.41, 5.74) is 1.38. The van der Waals surface area contributed by atoms with E-state index in [2.05, 4.69) is 22.9 Å². The van der Waals surface area contributed by atoms with Crippen molar-refractivity contribution in [1.29, 1.82) is 0 Å². The highest BCUT2D eigenvalue weighted by Crippen LogP contribution is 2.22. The molecule has 156 valence electrons. The Bertz CT molecular complexity index is 781. The number of ether oxygens (including phenoxy) is 2. The molecular weight excluding hydrogens is 384 g/mol. The maximum atomic E-state index is 12.0. The Morgan fingerprint density at radius 2 is 1.41 bits per heavy atom. The number of unbranched alkanes of at least 4 members (excludes halogenated alkanes) is 3. The van der Waals surface area contributed by atoms with Crippen molar-refractivity contribution in [1.82, 2.24) is 0 Å². The van der Waals surface area contributed by atoms with Crippen LogP contribution in [0.2, 0.25) is 0 Å². The maximum absolute atomic E-state index is 12.0. The van der Waals surface area contributed by atoms with Crippen LogP contribution in [0.4, 0.5) is 11.4 Å². The van der Waals surface area contributed by atoms with E-state index in [4.69, 9.17) is 9.47 Å². The van der Waals surface area contributed by atoms with Gasteiger partial charge < -0.3 is 9.47 Å². The highest BCUT2D eigenvalue weighted by atomic mass is 32.1. The molecule has 0 aliphatic rings. The molecule has 0 N–H and O–H groups in total. The van der Waals surface area contributed by atoms with Crippen LogP contribution in [0.25, 0.3) is 0 Å². The smallest absolute Gasteiger partial charge is 0.338 e. The zero-order valence-corrected chi connectivity index (χ0v) is 18.3. The topological polar surface area (TPSA) is 60.2 Å². The van der Waals surface area contributed by atoms with E-state index in [-0.39, 0.29) is 5.97 Å². The second-order valence-electron chi connectivity index (χ2n) is 7.73. The molecule has 5 nitrogen and oxygen atoms in total. The SMILES string of the molecule is CC(C)(C)OC(=O)c1ccc(/N=N/c2ccc(OCCCCCCS)cc2)cc1. The molecule has 2 aromatic rings. The number of carbonyl (C=O) groups is 1. The van der Waals surface area contributed by atoms with Gasteiger partial charge in [-0.15, -0.1) is 0 Å². The number of nitrogens with zero attached hydrogens (tertiary/aromatic N) is 2. The van der Waals surface area contributed by atoms with Gasteiger partial charge in [0, 0.05) is 0 Å². The van der Waals surface area contributed by atoms with Crippen LogP contribution in [0, 0.1) is 0 Å². The number of azo groups is 1. The fourth-order valence-electron chi connectivity index (χ4n) is 2.48. The number of thiol groups is 1. The minimum atomic E-state index is -0.516. The largest absolute Gasteiger partial charge is 0.494 e. The highest BCUT2D eigenvalue weighted by Gasteiger charge is 2.17. The average molecular weight is 415 g/mol. The Morgan fingerprint density at radius 1 is 0.862 bits per heavy atom. The molecule has 0 radical (unpaired) electrons. The first-order valence-corrected chi connectivity index (χ1v) is 10.6. The molecule has 0 fully saturated rings. The van der Waals surface area contributed by atoms with Crippen molar-refractivity contribution < 1.29 is 14.3 Å². The van der Waals surface area contributed by atoms with E-state index in [1.807, 2.05) is 45.0 Å². The van der Waals surface area contributed by atoms with Crippen LogP contribution in [-0.4, -0.2) is 23.9 Å². The standard InChI is InChI=1S/C23H30N2O3S/c1-23(2,3)28-22(26)18-8-10-19(11-9-18)24-25-20-12-14-21(15-13-20)27-16-6-4-5-7-17-29/h8-15,29H,4-7,16-17H2,1-3H3/b25-24+. The molecule has 0 aliphatic carbocycles. The Hall–Kier alpha value is -2.34. The van der Waals surface area contributed by atoms with E-state index in [0.29, 0.717) is 11.3 Å². The predicted octanol–water partition coefficient (Wildman–Crippen LogP) is 6.93. The fourth-order valence-corrected chi connectivity index (χ4v) is 2.71. The normalized spacial score (nSPS) is 11.6. The molecule has 0 aromatic heterocycles. The van der Waals surface area contributed by atoms with E-state index in [1.54, 1.807) is 24.3 Å². The van der Waals surface area contributed by atoms with Crippen molar-refractivity contribution in [2.24, 2.45) is 10.2 Å². The Labute approximate surface area is 178 Å². The molecular formula is C23H30N2O3S. The summed E-state index contributed by atoms with van der Waals surface area (Å²) in [6.07, 6.45) is 4.57.